The fraction of sp³-hybridized carbons (Fsp3) is 0.800. The van der Waals surface area contributed by atoms with Crippen LogP contribution >= 0.6 is 11.8 Å². The van der Waals surface area contributed by atoms with Gasteiger partial charge in [0.05, 0.1) is 12.1 Å². The highest BCUT2D eigenvalue weighted by Crippen LogP contribution is 2.33. The molecule has 2 aliphatic heterocycles. The average molecular weight is 246 g/mol. The highest BCUT2D eigenvalue weighted by Gasteiger charge is 2.42. The van der Waals surface area contributed by atoms with Crippen molar-refractivity contribution in [2.24, 2.45) is 0 Å². The number of fused-ring (bicyclic) bond motifs is 1. The van der Waals surface area contributed by atoms with Crippen LogP contribution in [0.3, 0.4) is 0 Å². The number of hydrogen-bond acceptors (Lipinski definition) is 3. The zero-order valence-corrected chi connectivity index (χ0v) is 9.55. The lowest BCUT2D eigenvalue weighted by Crippen LogP contribution is -2.36. The van der Waals surface area contributed by atoms with Crippen molar-refractivity contribution in [2.75, 3.05) is 5.70 Å². The highest BCUT2D eigenvalue weighted by atomic mass is 32.2. The molecule has 2 aliphatic rings. The summed E-state index contributed by atoms with van der Waals surface area (Å²) in [5, 5.41) is 13.9. The smallest absolute Gasteiger partial charge is 0.315 e. The van der Waals surface area contributed by atoms with Crippen LogP contribution in [0.15, 0.2) is 0 Å². The van der Waals surface area contributed by atoms with Crippen molar-refractivity contribution in [3.63, 3.8) is 0 Å². The number of thioether (sulfide) groups is 1. The van der Waals surface area contributed by atoms with E-state index in [1.54, 1.807) is 0 Å². The monoisotopic (exact) mass is 246 g/mol. The Morgan fingerprint density at radius 1 is 1.56 bits per heavy atom. The molecule has 3 unspecified atom stereocenters. The van der Waals surface area contributed by atoms with Gasteiger partial charge < -0.3 is 15.7 Å². The Hall–Kier alpha value is -0.910. The van der Waals surface area contributed by atoms with Crippen LogP contribution < -0.4 is 10.6 Å². The number of rotatable bonds is 5. The Balaban J connectivity index is 1.86. The fourth-order valence-corrected chi connectivity index (χ4v) is 3.20. The van der Waals surface area contributed by atoms with Crippen molar-refractivity contribution in [2.45, 2.75) is 43.0 Å². The van der Waals surface area contributed by atoms with Crippen LogP contribution in [0.1, 0.15) is 28.4 Å². The molecule has 3 atom stereocenters. The van der Waals surface area contributed by atoms with Gasteiger partial charge in [-0.3, -0.25) is 4.79 Å². The maximum atomic E-state index is 11.2. The molecule has 0 radical (unpaired) electrons. The number of carboxylic acid groups (broad SMARTS) is 1. The summed E-state index contributed by atoms with van der Waals surface area (Å²) >= 11 is 1.23. The lowest BCUT2D eigenvalue weighted by molar-refractivity contribution is -0.137. The molecule has 0 saturated carbocycles. The third-order valence-corrected chi connectivity index (χ3v) is 4.04. The molecule has 2 heterocycles. The lowest BCUT2D eigenvalue weighted by atomic mass is 10.0. The van der Waals surface area contributed by atoms with Gasteiger partial charge in [-0.15, -0.1) is 0 Å². The van der Waals surface area contributed by atoms with E-state index in [-0.39, 0.29) is 23.7 Å². The highest BCUT2D eigenvalue weighted by molar-refractivity contribution is 8.00. The summed E-state index contributed by atoms with van der Waals surface area (Å²) in [6.07, 6.45) is 2.19. The van der Waals surface area contributed by atoms with Gasteiger partial charge in [0.2, 0.25) is 0 Å². The predicted octanol–water partition coefficient (Wildman–Crippen LogP) is 0.797. The van der Waals surface area contributed by atoms with Crippen LogP contribution in [0.2, 0.25) is 0 Å². The molecule has 0 aromatic carbocycles. The summed E-state index contributed by atoms with van der Waals surface area (Å²) in [5.41, 5.74) is -1.46. The van der Waals surface area contributed by atoms with Crippen LogP contribution in [-0.4, -0.2) is 40.1 Å². The van der Waals surface area contributed by atoms with Gasteiger partial charge in [0.15, 0.2) is 0 Å². The first-order valence-corrected chi connectivity index (χ1v) is 6.25. The van der Waals surface area contributed by atoms with Gasteiger partial charge in [0.25, 0.3) is 0 Å². The van der Waals surface area contributed by atoms with Gasteiger partial charge in [0, 0.05) is 20.1 Å². The van der Waals surface area contributed by atoms with Gasteiger partial charge in [-0.05, 0) is 12.8 Å². The summed E-state index contributed by atoms with van der Waals surface area (Å²) in [6, 6.07) is -0.994. The minimum Gasteiger partial charge on any atom is -0.481 e. The predicted molar refractivity (Wildman–Crippen MR) is 61.6 cm³/mol. The Bertz CT molecular complexity index is 367. The fourth-order valence-electron chi connectivity index (χ4n) is 2.01. The number of amides is 2. The second-order valence-electron chi connectivity index (χ2n) is 4.03. The van der Waals surface area contributed by atoms with Crippen LogP contribution in [0.4, 0.5) is 4.79 Å². The molecule has 0 bridgehead atoms. The molecule has 0 aromatic rings. The first-order chi connectivity index (χ1) is 8.40. The van der Waals surface area contributed by atoms with Crippen LogP contribution in [0, 0.1) is 0 Å². The summed E-state index contributed by atoms with van der Waals surface area (Å²) in [4.78, 5) is 21.6. The molecule has 3 N–H and O–H groups in total. The van der Waals surface area contributed by atoms with E-state index >= 15 is 0 Å². The summed E-state index contributed by atoms with van der Waals surface area (Å²) in [6.45, 7) is 0. The van der Waals surface area contributed by atoms with Crippen molar-refractivity contribution in [3.05, 3.63) is 0 Å². The Labute approximate surface area is 101 Å². The standard InChI is InChI=1S/C10H16N2O3S/c13-8(14)4-2-1-3-7-9-6(5-16-7)11-10(15)12-9/h6-7,9H,1-5H2,(H,13,14)(H2,11,12,15)/i5D2. The SMILES string of the molecule is [2H]C1([2H])SC(CCCCC(=O)O)C2NC(=O)NC21. The molecular formula is C10H16N2O3S. The van der Waals surface area contributed by atoms with E-state index in [4.69, 9.17) is 7.85 Å². The van der Waals surface area contributed by atoms with Crippen molar-refractivity contribution >= 4 is 23.8 Å². The van der Waals surface area contributed by atoms with Gasteiger partial charge in [0.1, 0.15) is 0 Å². The number of aliphatic carboxylic acids is 1. The summed E-state index contributed by atoms with van der Waals surface area (Å²) in [5.74, 6) is -0.807. The number of unbranched alkanes of at least 4 members (excludes halogenated alkanes) is 1. The van der Waals surface area contributed by atoms with Crippen LogP contribution in [-0.2, 0) is 4.79 Å². The molecule has 16 heavy (non-hydrogen) atoms. The largest absolute Gasteiger partial charge is 0.481 e. The first kappa shape index (κ1) is 9.15. The average Bonchev–Trinajstić information content (AvgIpc) is 2.73. The number of nitrogens with one attached hydrogen (secondary N) is 2. The zero-order valence-electron chi connectivity index (χ0n) is 10.7. The lowest BCUT2D eigenvalue weighted by Gasteiger charge is -2.16. The minimum absolute atomic E-state index is 0.0118. The van der Waals surface area contributed by atoms with E-state index in [1.807, 2.05) is 0 Å². The molecule has 0 aliphatic carbocycles. The molecule has 2 rings (SSSR count). The normalized spacial score (nSPS) is 37.0. The molecule has 2 saturated heterocycles. The topological polar surface area (TPSA) is 78.4 Å². The number of carbonyl (C=O) groups excluding carboxylic acids is 1. The maximum absolute atomic E-state index is 11.2. The number of hydrogen-bond donors (Lipinski definition) is 3. The Morgan fingerprint density at radius 2 is 2.38 bits per heavy atom. The first-order valence-electron chi connectivity index (χ1n) is 6.37. The summed E-state index contributed by atoms with van der Waals surface area (Å²) in [7, 11) is 0. The Morgan fingerprint density at radius 3 is 3.12 bits per heavy atom. The molecule has 0 spiro atoms. The molecule has 5 nitrogen and oxygen atoms in total. The minimum atomic E-state index is -1.46. The molecule has 2 fully saturated rings. The van der Waals surface area contributed by atoms with E-state index < -0.39 is 17.7 Å². The van der Waals surface area contributed by atoms with E-state index in [2.05, 4.69) is 10.6 Å². The van der Waals surface area contributed by atoms with E-state index in [0.717, 1.165) is 12.8 Å². The third-order valence-electron chi connectivity index (χ3n) is 2.82. The second-order valence-corrected chi connectivity index (χ2v) is 5.11. The number of carbonyl (C=O) groups is 2. The van der Waals surface area contributed by atoms with E-state index in [0.29, 0.717) is 6.42 Å². The van der Waals surface area contributed by atoms with Gasteiger partial charge in [-0.1, -0.05) is 6.42 Å². The zero-order chi connectivity index (χ0) is 13.3. The van der Waals surface area contributed by atoms with E-state index in [9.17, 15) is 9.59 Å². The van der Waals surface area contributed by atoms with Crippen LogP contribution in [0.5, 0.6) is 0 Å². The molecular weight excluding hydrogens is 228 g/mol. The van der Waals surface area contributed by atoms with Gasteiger partial charge in [-0.2, -0.15) is 11.8 Å². The quantitative estimate of drug-likeness (QED) is 0.495. The molecule has 0 aromatic heterocycles. The maximum Gasteiger partial charge on any atom is 0.315 e. The third kappa shape index (κ3) is 2.61. The second kappa shape index (κ2) is 4.95. The van der Waals surface area contributed by atoms with E-state index in [1.165, 1.54) is 11.8 Å². The molecule has 2 amide bonds. The van der Waals surface area contributed by atoms with Crippen molar-refractivity contribution in [3.8, 4) is 0 Å². The van der Waals surface area contributed by atoms with Crippen molar-refractivity contribution in [1.29, 1.82) is 0 Å². The number of urea groups is 1. The van der Waals surface area contributed by atoms with Gasteiger partial charge >= 0.3 is 12.0 Å². The Kier molecular flexibility index (Phi) is 2.83. The molecule has 90 valence electrons. The van der Waals surface area contributed by atoms with Crippen molar-refractivity contribution < 1.29 is 17.4 Å². The van der Waals surface area contributed by atoms with Crippen LogP contribution in [0.25, 0.3) is 0 Å². The van der Waals surface area contributed by atoms with Crippen molar-refractivity contribution in [1.82, 2.24) is 10.6 Å². The summed E-state index contributed by atoms with van der Waals surface area (Å²) < 4.78 is 15.7. The van der Waals surface area contributed by atoms with Gasteiger partial charge in [-0.25, -0.2) is 4.79 Å². The molecule has 6 heteroatoms. The number of carboxylic acids is 1.